The van der Waals surface area contributed by atoms with Crippen molar-refractivity contribution in [2.75, 3.05) is 6.61 Å². The number of aliphatic hydroxyl groups excluding tert-OH is 1. The highest BCUT2D eigenvalue weighted by Crippen LogP contribution is 2.34. The summed E-state index contributed by atoms with van der Waals surface area (Å²) in [6, 6.07) is 6.77. The maximum absolute atomic E-state index is 11.6. The summed E-state index contributed by atoms with van der Waals surface area (Å²) in [5, 5.41) is 21.4. The van der Waals surface area contributed by atoms with Gasteiger partial charge in [-0.05, 0) is 18.9 Å². The Morgan fingerprint density at radius 3 is 2.62 bits per heavy atom. The van der Waals surface area contributed by atoms with E-state index >= 15 is 0 Å². The fourth-order valence-electron chi connectivity index (χ4n) is 1.65. The Kier molecular flexibility index (Phi) is 2.83. The molecule has 0 aliphatic heterocycles. The molecule has 0 bridgehead atoms. The number of carbonyl (C=O) groups is 1. The molecule has 0 aromatic heterocycles. The van der Waals surface area contributed by atoms with Gasteiger partial charge in [-0.15, -0.1) is 0 Å². The van der Waals surface area contributed by atoms with Crippen LogP contribution in [0.15, 0.2) is 24.3 Å². The predicted molar refractivity (Wildman–Crippen MR) is 59.0 cm³/mol. The van der Waals surface area contributed by atoms with Gasteiger partial charge in [-0.25, -0.2) is 0 Å². The van der Waals surface area contributed by atoms with Crippen molar-refractivity contribution in [2.45, 2.75) is 24.8 Å². The number of aliphatic hydroxyl groups is 1. The first-order valence-corrected chi connectivity index (χ1v) is 5.34. The van der Waals surface area contributed by atoms with E-state index in [0.717, 1.165) is 12.8 Å². The van der Waals surface area contributed by atoms with E-state index < -0.39 is 0 Å². The molecule has 2 rings (SSSR count). The number of benzene rings is 1. The molecular weight excluding hydrogens is 206 g/mol. The van der Waals surface area contributed by atoms with Gasteiger partial charge in [0.05, 0.1) is 18.6 Å². The van der Waals surface area contributed by atoms with Crippen molar-refractivity contribution in [3.63, 3.8) is 0 Å². The van der Waals surface area contributed by atoms with Crippen molar-refractivity contribution >= 4 is 5.91 Å². The zero-order valence-corrected chi connectivity index (χ0v) is 8.94. The number of para-hydroxylation sites is 1. The summed E-state index contributed by atoms with van der Waals surface area (Å²) >= 11 is 0. The maximum Gasteiger partial charge on any atom is 0.225 e. The number of nitrogens with one attached hydrogen (secondary N) is 1. The number of hydrogen-bond acceptors (Lipinski definition) is 3. The lowest BCUT2D eigenvalue weighted by Gasteiger charge is -2.14. The molecule has 0 heterocycles. The third kappa shape index (κ3) is 2.33. The summed E-state index contributed by atoms with van der Waals surface area (Å²) in [5.41, 5.74) is 0.218. The van der Waals surface area contributed by atoms with Gasteiger partial charge in [0.2, 0.25) is 5.91 Å². The summed E-state index contributed by atoms with van der Waals surface area (Å²) in [7, 11) is 0. The first-order valence-electron chi connectivity index (χ1n) is 5.34. The van der Waals surface area contributed by atoms with Crippen molar-refractivity contribution in [3.05, 3.63) is 29.8 Å². The van der Waals surface area contributed by atoms with Crippen LogP contribution in [0.3, 0.4) is 0 Å². The van der Waals surface area contributed by atoms with Crippen LogP contribution in [0.25, 0.3) is 0 Å². The summed E-state index contributed by atoms with van der Waals surface area (Å²) < 4.78 is 0. The van der Waals surface area contributed by atoms with Crippen molar-refractivity contribution in [1.29, 1.82) is 0 Å². The lowest BCUT2D eigenvalue weighted by molar-refractivity contribution is -0.121. The minimum absolute atomic E-state index is 0.0144. The highest BCUT2D eigenvalue weighted by Gasteiger charge is 2.43. The molecule has 4 heteroatoms. The van der Waals surface area contributed by atoms with Crippen LogP contribution in [-0.2, 0) is 11.2 Å². The van der Waals surface area contributed by atoms with Gasteiger partial charge >= 0.3 is 0 Å². The van der Waals surface area contributed by atoms with E-state index in [1.165, 1.54) is 0 Å². The van der Waals surface area contributed by atoms with Gasteiger partial charge in [-0.2, -0.15) is 0 Å². The van der Waals surface area contributed by atoms with Gasteiger partial charge < -0.3 is 15.5 Å². The van der Waals surface area contributed by atoms with E-state index in [9.17, 15) is 9.90 Å². The van der Waals surface area contributed by atoms with E-state index in [1.807, 2.05) is 0 Å². The average molecular weight is 221 g/mol. The SMILES string of the molecule is O=C(Cc1ccccc1O)NC1(CO)CC1. The van der Waals surface area contributed by atoms with Crippen LogP contribution >= 0.6 is 0 Å². The smallest absolute Gasteiger partial charge is 0.225 e. The fraction of sp³-hybridized carbons (Fsp3) is 0.417. The van der Waals surface area contributed by atoms with Crippen LogP contribution in [0.4, 0.5) is 0 Å². The van der Waals surface area contributed by atoms with Crippen molar-refractivity contribution in [2.24, 2.45) is 0 Å². The van der Waals surface area contributed by atoms with Crippen LogP contribution in [0.2, 0.25) is 0 Å². The Bertz CT molecular complexity index is 399. The predicted octanol–water partition coefficient (Wildman–Crippen LogP) is 0.576. The minimum Gasteiger partial charge on any atom is -0.508 e. The summed E-state index contributed by atoms with van der Waals surface area (Å²) in [4.78, 5) is 11.6. The lowest BCUT2D eigenvalue weighted by Crippen LogP contribution is -2.40. The molecule has 86 valence electrons. The van der Waals surface area contributed by atoms with E-state index in [-0.39, 0.29) is 30.2 Å². The Morgan fingerprint density at radius 1 is 1.38 bits per heavy atom. The monoisotopic (exact) mass is 221 g/mol. The van der Waals surface area contributed by atoms with E-state index in [1.54, 1.807) is 24.3 Å². The number of phenols is 1. The zero-order chi connectivity index (χ0) is 11.6. The standard InChI is InChI=1S/C12H15NO3/c14-8-12(5-6-12)13-11(16)7-9-3-1-2-4-10(9)15/h1-4,14-15H,5-8H2,(H,13,16). The quantitative estimate of drug-likeness (QED) is 0.696. The van der Waals surface area contributed by atoms with Crippen molar-refractivity contribution in [3.8, 4) is 5.75 Å². The number of aromatic hydroxyl groups is 1. The molecule has 1 amide bonds. The maximum atomic E-state index is 11.6. The molecule has 1 aliphatic carbocycles. The lowest BCUT2D eigenvalue weighted by atomic mass is 10.1. The van der Waals surface area contributed by atoms with Crippen LogP contribution in [-0.4, -0.2) is 28.3 Å². The summed E-state index contributed by atoms with van der Waals surface area (Å²) in [5.74, 6) is -0.0282. The molecule has 1 fully saturated rings. The van der Waals surface area contributed by atoms with Gasteiger partial charge in [0.1, 0.15) is 5.75 Å². The van der Waals surface area contributed by atoms with Crippen LogP contribution in [0.5, 0.6) is 5.75 Å². The Balaban J connectivity index is 1.95. The van der Waals surface area contributed by atoms with Gasteiger partial charge in [-0.3, -0.25) is 4.79 Å². The van der Waals surface area contributed by atoms with Gasteiger partial charge in [0.25, 0.3) is 0 Å². The van der Waals surface area contributed by atoms with Gasteiger partial charge in [0, 0.05) is 5.56 Å². The first-order chi connectivity index (χ1) is 7.65. The Labute approximate surface area is 93.9 Å². The second-order valence-corrected chi connectivity index (χ2v) is 4.29. The van der Waals surface area contributed by atoms with E-state index in [2.05, 4.69) is 5.32 Å². The number of amides is 1. The number of carbonyl (C=O) groups excluding carboxylic acids is 1. The molecule has 16 heavy (non-hydrogen) atoms. The highest BCUT2D eigenvalue weighted by atomic mass is 16.3. The number of phenolic OH excluding ortho intramolecular Hbond substituents is 1. The fourth-order valence-corrected chi connectivity index (χ4v) is 1.65. The molecule has 0 saturated heterocycles. The average Bonchev–Trinajstić information content (AvgIpc) is 3.02. The van der Waals surface area contributed by atoms with Gasteiger partial charge in [0.15, 0.2) is 0 Å². The zero-order valence-electron chi connectivity index (χ0n) is 8.94. The van der Waals surface area contributed by atoms with Crippen LogP contribution < -0.4 is 5.32 Å². The van der Waals surface area contributed by atoms with Crippen LogP contribution in [0, 0.1) is 0 Å². The molecule has 1 aliphatic rings. The number of hydrogen-bond donors (Lipinski definition) is 3. The minimum atomic E-state index is -0.387. The Morgan fingerprint density at radius 2 is 2.06 bits per heavy atom. The third-order valence-electron chi connectivity index (χ3n) is 2.90. The Hall–Kier alpha value is -1.55. The molecule has 1 saturated carbocycles. The highest BCUT2D eigenvalue weighted by molar-refractivity contribution is 5.80. The largest absolute Gasteiger partial charge is 0.508 e. The molecular formula is C12H15NO3. The summed E-state index contributed by atoms with van der Waals surface area (Å²) in [6.45, 7) is -0.0144. The van der Waals surface area contributed by atoms with Crippen molar-refractivity contribution < 1.29 is 15.0 Å². The molecule has 0 radical (unpaired) electrons. The first kappa shape index (κ1) is 11.0. The molecule has 3 N–H and O–H groups in total. The van der Waals surface area contributed by atoms with Crippen molar-refractivity contribution in [1.82, 2.24) is 5.32 Å². The van der Waals surface area contributed by atoms with Crippen LogP contribution in [0.1, 0.15) is 18.4 Å². The van der Waals surface area contributed by atoms with E-state index in [0.29, 0.717) is 5.56 Å². The second-order valence-electron chi connectivity index (χ2n) is 4.29. The molecule has 1 aromatic carbocycles. The number of rotatable bonds is 4. The molecule has 0 spiro atoms. The molecule has 4 nitrogen and oxygen atoms in total. The van der Waals surface area contributed by atoms with E-state index in [4.69, 9.17) is 5.11 Å². The molecule has 1 aromatic rings. The third-order valence-corrected chi connectivity index (χ3v) is 2.90. The second kappa shape index (κ2) is 4.14. The normalized spacial score (nSPS) is 16.8. The molecule has 0 atom stereocenters. The summed E-state index contributed by atoms with van der Waals surface area (Å²) in [6.07, 6.45) is 1.81. The van der Waals surface area contributed by atoms with Gasteiger partial charge in [-0.1, -0.05) is 18.2 Å². The molecule has 0 unspecified atom stereocenters. The topological polar surface area (TPSA) is 69.6 Å².